The number of benzene rings is 11. The van der Waals surface area contributed by atoms with Crippen LogP contribution >= 0.6 is 0 Å². The molecule has 0 aliphatic carbocycles. The Morgan fingerprint density at radius 2 is 0.774 bits per heavy atom. The smallest absolute Gasteiger partial charge is 0.0481 e. The highest BCUT2D eigenvalue weighted by molar-refractivity contribution is 6.22. The maximum absolute atomic E-state index is 2.43. The van der Waals surface area contributed by atoms with Crippen molar-refractivity contribution in [2.75, 3.05) is 11.9 Å². The molecule has 0 bridgehead atoms. The van der Waals surface area contributed by atoms with Crippen LogP contribution < -0.4 is 4.90 Å². The van der Waals surface area contributed by atoms with Crippen LogP contribution in [-0.4, -0.2) is 7.05 Å². The number of para-hydroxylation sites is 2. The average molecular weight is 794 g/mol. The Kier molecular flexibility index (Phi) is 10.4. The minimum atomic E-state index is 1.16. The summed E-state index contributed by atoms with van der Waals surface area (Å²) in [6.07, 6.45) is 4.45. The van der Waals surface area contributed by atoms with E-state index in [4.69, 9.17) is 0 Å². The summed E-state index contributed by atoms with van der Waals surface area (Å²) in [6, 6.07) is 80.0. The molecule has 11 aromatic carbocycles. The topological polar surface area (TPSA) is 3.24 Å². The van der Waals surface area contributed by atoms with Gasteiger partial charge in [0.1, 0.15) is 0 Å². The molecular formula is C61H47N. The fraction of sp³-hybridized carbons (Fsp3) is 0.0492. The Bertz CT molecular complexity index is 3450. The van der Waals surface area contributed by atoms with Gasteiger partial charge in [-0.25, -0.2) is 0 Å². The van der Waals surface area contributed by atoms with E-state index in [1.54, 1.807) is 0 Å². The van der Waals surface area contributed by atoms with Crippen LogP contribution in [0.5, 0.6) is 0 Å². The maximum Gasteiger partial charge on any atom is 0.0481 e. The fourth-order valence-electron chi connectivity index (χ4n) is 9.13. The van der Waals surface area contributed by atoms with Crippen LogP contribution in [0.2, 0.25) is 0 Å². The second kappa shape index (κ2) is 16.7. The molecule has 1 heteroatoms. The highest BCUT2D eigenvalue weighted by atomic mass is 15.1. The minimum absolute atomic E-state index is 1.16. The van der Waals surface area contributed by atoms with E-state index < -0.39 is 0 Å². The molecule has 0 saturated carbocycles. The molecule has 0 unspecified atom stereocenters. The summed E-state index contributed by atoms with van der Waals surface area (Å²) in [5, 5.41) is 12.5. The number of rotatable bonds is 7. The Hall–Kier alpha value is -7.74. The van der Waals surface area contributed by atoms with Crippen LogP contribution in [0, 0.1) is 0 Å². The van der Waals surface area contributed by atoms with Crippen molar-refractivity contribution < 1.29 is 0 Å². The van der Waals surface area contributed by atoms with Crippen LogP contribution in [0.3, 0.4) is 0 Å². The largest absolute Gasteiger partial charge is 0.344 e. The van der Waals surface area contributed by atoms with Crippen LogP contribution in [0.1, 0.15) is 25.0 Å². The van der Waals surface area contributed by atoms with E-state index in [-0.39, 0.29) is 0 Å². The van der Waals surface area contributed by atoms with Crippen molar-refractivity contribution in [1.29, 1.82) is 0 Å². The third kappa shape index (κ3) is 7.18. The molecule has 0 fully saturated rings. The molecule has 0 aliphatic heterocycles. The number of anilines is 2. The van der Waals surface area contributed by atoms with E-state index in [1.807, 2.05) is 13.8 Å². The van der Waals surface area contributed by atoms with Crippen LogP contribution in [0.25, 0.3) is 99.4 Å². The third-order valence-corrected chi connectivity index (χ3v) is 12.2. The molecule has 11 rings (SSSR count). The zero-order valence-corrected chi connectivity index (χ0v) is 35.4. The number of fused-ring (bicyclic) bond motifs is 5. The van der Waals surface area contributed by atoms with Gasteiger partial charge in [-0.2, -0.15) is 0 Å². The van der Waals surface area contributed by atoms with Gasteiger partial charge in [0.15, 0.2) is 0 Å². The van der Waals surface area contributed by atoms with Crippen molar-refractivity contribution >= 4 is 77.4 Å². The van der Waals surface area contributed by atoms with Crippen molar-refractivity contribution in [3.63, 3.8) is 0 Å². The molecule has 0 spiro atoms. The van der Waals surface area contributed by atoms with E-state index >= 15 is 0 Å². The molecule has 296 valence electrons. The summed E-state index contributed by atoms with van der Waals surface area (Å²) in [5.41, 5.74) is 12.1. The molecule has 11 aromatic rings. The highest BCUT2D eigenvalue weighted by Gasteiger charge is 2.18. The van der Waals surface area contributed by atoms with Crippen molar-refractivity contribution in [3.8, 4) is 33.4 Å². The highest BCUT2D eigenvalue weighted by Crippen LogP contribution is 2.46. The van der Waals surface area contributed by atoms with Gasteiger partial charge in [-0.1, -0.05) is 196 Å². The average Bonchev–Trinajstić information content (AvgIpc) is 3.35. The lowest BCUT2D eigenvalue weighted by Crippen LogP contribution is -2.10. The predicted molar refractivity (Wildman–Crippen MR) is 272 cm³/mol. The van der Waals surface area contributed by atoms with E-state index in [0.29, 0.717) is 0 Å². The fourth-order valence-corrected chi connectivity index (χ4v) is 9.13. The SMILES string of the molecule is CC.CN(c1ccccc1)c1ccccc1/C=C/c1ccc2cc(-c3ccc4c(-c5ccc6ccccc6c5)c5ccccc5c(-c5ccc6ccccc6c5)c4c3)ccc2c1. The second-order valence-corrected chi connectivity index (χ2v) is 15.8. The number of hydrogen-bond donors (Lipinski definition) is 0. The molecule has 0 radical (unpaired) electrons. The quantitative estimate of drug-likeness (QED) is 0.115. The Labute approximate surface area is 364 Å². The van der Waals surface area contributed by atoms with Crippen LogP contribution in [-0.2, 0) is 0 Å². The third-order valence-electron chi connectivity index (χ3n) is 12.2. The van der Waals surface area contributed by atoms with E-state index in [1.165, 1.54) is 104 Å². The zero-order chi connectivity index (χ0) is 42.0. The van der Waals surface area contributed by atoms with E-state index in [2.05, 4.69) is 242 Å². The summed E-state index contributed by atoms with van der Waals surface area (Å²) < 4.78 is 0. The van der Waals surface area contributed by atoms with Crippen molar-refractivity contribution in [3.05, 3.63) is 230 Å². The van der Waals surface area contributed by atoms with Crippen molar-refractivity contribution in [1.82, 2.24) is 0 Å². The number of hydrogen-bond acceptors (Lipinski definition) is 1. The first-order valence-electron chi connectivity index (χ1n) is 21.7. The number of nitrogens with zero attached hydrogens (tertiary/aromatic N) is 1. The Balaban J connectivity index is 0.00000226. The lowest BCUT2D eigenvalue weighted by molar-refractivity contribution is 1.20. The molecule has 0 heterocycles. The van der Waals surface area contributed by atoms with E-state index in [9.17, 15) is 0 Å². The second-order valence-electron chi connectivity index (χ2n) is 15.8. The maximum atomic E-state index is 2.43. The minimum Gasteiger partial charge on any atom is -0.344 e. The monoisotopic (exact) mass is 793 g/mol. The normalized spacial score (nSPS) is 11.4. The van der Waals surface area contributed by atoms with Gasteiger partial charge in [0.05, 0.1) is 0 Å². The van der Waals surface area contributed by atoms with Crippen molar-refractivity contribution in [2.45, 2.75) is 13.8 Å². The van der Waals surface area contributed by atoms with Gasteiger partial charge in [-0.05, 0) is 147 Å². The first kappa shape index (κ1) is 38.5. The molecule has 1 nitrogen and oxygen atoms in total. The van der Waals surface area contributed by atoms with Gasteiger partial charge in [0.2, 0.25) is 0 Å². The summed E-state index contributed by atoms with van der Waals surface area (Å²) in [7, 11) is 2.13. The Morgan fingerprint density at radius 3 is 1.47 bits per heavy atom. The van der Waals surface area contributed by atoms with Gasteiger partial charge in [0.25, 0.3) is 0 Å². The predicted octanol–water partition coefficient (Wildman–Crippen LogP) is 17.4. The summed E-state index contributed by atoms with van der Waals surface area (Å²) in [5.74, 6) is 0. The Morgan fingerprint density at radius 1 is 0.323 bits per heavy atom. The summed E-state index contributed by atoms with van der Waals surface area (Å²) in [4.78, 5) is 2.24. The van der Waals surface area contributed by atoms with Crippen LogP contribution in [0.15, 0.2) is 218 Å². The molecule has 0 atom stereocenters. The van der Waals surface area contributed by atoms with Crippen LogP contribution in [0.4, 0.5) is 11.4 Å². The van der Waals surface area contributed by atoms with Gasteiger partial charge >= 0.3 is 0 Å². The van der Waals surface area contributed by atoms with Gasteiger partial charge in [-0.15, -0.1) is 0 Å². The lowest BCUT2D eigenvalue weighted by atomic mass is 9.84. The molecule has 0 aliphatic rings. The molecule has 62 heavy (non-hydrogen) atoms. The van der Waals surface area contributed by atoms with Crippen molar-refractivity contribution in [2.24, 2.45) is 0 Å². The molecular weight excluding hydrogens is 747 g/mol. The molecule has 0 saturated heterocycles. The van der Waals surface area contributed by atoms with Gasteiger partial charge < -0.3 is 4.90 Å². The van der Waals surface area contributed by atoms with Gasteiger partial charge in [-0.3, -0.25) is 0 Å². The van der Waals surface area contributed by atoms with E-state index in [0.717, 1.165) is 5.69 Å². The zero-order valence-electron chi connectivity index (χ0n) is 35.4. The standard InChI is InChI=1S/C59H41N.C2H6/c1-60(52-18-3-2-4-19-52)57-22-12-9-15-43(57)25-23-40-24-26-47-36-48(30-29-46(47)35-40)49-33-34-55-56(39-49)59(51-32-28-42-14-6-8-17-45(42)38-51)54-21-11-10-20-53(54)58(55)50-31-27-41-13-5-7-16-44(41)37-50;1-2/h2-39H,1H3;1-2H3/b25-23+;. The molecule has 0 amide bonds. The molecule has 0 N–H and O–H groups in total. The first-order chi connectivity index (χ1) is 30.6. The summed E-state index contributed by atoms with van der Waals surface area (Å²) >= 11 is 0. The summed E-state index contributed by atoms with van der Waals surface area (Å²) in [6.45, 7) is 4.00. The van der Waals surface area contributed by atoms with Gasteiger partial charge in [0, 0.05) is 18.4 Å². The molecule has 0 aromatic heterocycles. The first-order valence-corrected chi connectivity index (χ1v) is 21.7. The lowest BCUT2D eigenvalue weighted by Gasteiger charge is -2.21.